The zero-order chi connectivity index (χ0) is 19.6. The van der Waals surface area contributed by atoms with Gasteiger partial charge in [0.25, 0.3) is 0 Å². The van der Waals surface area contributed by atoms with Crippen LogP contribution in [-0.4, -0.2) is 36.5 Å². The normalized spacial score (nSPS) is 10.6. The summed E-state index contributed by atoms with van der Waals surface area (Å²) in [5.41, 5.74) is 0.377. The molecule has 2 aromatic heterocycles. The first-order valence-electron chi connectivity index (χ1n) is 8.78. The van der Waals surface area contributed by atoms with Crippen LogP contribution in [0.1, 0.15) is 41.3 Å². The van der Waals surface area contributed by atoms with Gasteiger partial charge in [0, 0.05) is 17.8 Å². The fourth-order valence-corrected chi connectivity index (χ4v) is 3.48. The number of thiophene rings is 1. The number of rotatable bonds is 10. The summed E-state index contributed by atoms with van der Waals surface area (Å²) in [4.78, 5) is 27.5. The zero-order valence-electron chi connectivity index (χ0n) is 15.5. The summed E-state index contributed by atoms with van der Waals surface area (Å²) in [6, 6.07) is 7.45. The second-order valence-electron chi connectivity index (χ2n) is 5.78. The highest BCUT2D eigenvalue weighted by Gasteiger charge is 2.20. The van der Waals surface area contributed by atoms with Crippen LogP contribution < -0.4 is 5.32 Å². The molecule has 0 saturated heterocycles. The molecule has 0 aromatic carbocycles. The van der Waals surface area contributed by atoms with E-state index in [4.69, 9.17) is 14.4 Å². The number of nitrogens with one attached hydrogen (secondary N) is 1. The largest absolute Gasteiger partial charge is 0.468 e. The Morgan fingerprint density at radius 3 is 2.85 bits per heavy atom. The monoisotopic (exact) mass is 389 g/mol. The number of carbonyl (C=O) groups excluding carboxylic acids is 2. The third kappa shape index (κ3) is 6.24. The van der Waals surface area contributed by atoms with Gasteiger partial charge in [-0.1, -0.05) is 6.92 Å². The van der Waals surface area contributed by atoms with Crippen molar-refractivity contribution in [2.75, 3.05) is 25.0 Å². The number of nitrogens with zero attached hydrogens (tertiary/aromatic N) is 2. The van der Waals surface area contributed by atoms with E-state index in [9.17, 15) is 9.59 Å². The van der Waals surface area contributed by atoms with Gasteiger partial charge in [-0.15, -0.1) is 11.3 Å². The summed E-state index contributed by atoms with van der Waals surface area (Å²) in [5, 5.41) is 12.1. The van der Waals surface area contributed by atoms with Crippen molar-refractivity contribution in [2.24, 2.45) is 0 Å². The molecule has 0 aliphatic rings. The van der Waals surface area contributed by atoms with E-state index >= 15 is 0 Å². The van der Waals surface area contributed by atoms with Crippen molar-refractivity contribution in [3.8, 4) is 6.07 Å². The number of nitriles is 1. The van der Waals surface area contributed by atoms with Crippen molar-refractivity contribution in [1.29, 1.82) is 5.26 Å². The Bertz CT molecular complexity index is 792. The minimum Gasteiger partial charge on any atom is -0.468 e. The van der Waals surface area contributed by atoms with Crippen molar-refractivity contribution < 1.29 is 18.7 Å². The number of esters is 1. The van der Waals surface area contributed by atoms with Crippen LogP contribution in [0.4, 0.5) is 5.00 Å². The summed E-state index contributed by atoms with van der Waals surface area (Å²) >= 11 is 1.37. The molecule has 2 heterocycles. The Morgan fingerprint density at radius 1 is 1.41 bits per heavy atom. The molecule has 0 bridgehead atoms. The molecule has 0 aliphatic heterocycles. The zero-order valence-corrected chi connectivity index (χ0v) is 16.3. The van der Waals surface area contributed by atoms with Gasteiger partial charge in [0.1, 0.15) is 10.8 Å². The number of furan rings is 1. The molecule has 0 atom stereocenters. The molecule has 7 nitrogen and oxygen atoms in total. The van der Waals surface area contributed by atoms with Crippen LogP contribution in [0.3, 0.4) is 0 Å². The first-order valence-corrected chi connectivity index (χ1v) is 9.60. The van der Waals surface area contributed by atoms with Crippen molar-refractivity contribution in [3.63, 3.8) is 0 Å². The van der Waals surface area contributed by atoms with Crippen molar-refractivity contribution in [1.82, 2.24) is 4.90 Å². The number of amides is 1. The molecule has 0 saturated carbocycles. The fourth-order valence-electron chi connectivity index (χ4n) is 2.48. The van der Waals surface area contributed by atoms with Gasteiger partial charge in [-0.3, -0.25) is 9.69 Å². The van der Waals surface area contributed by atoms with Gasteiger partial charge in [-0.05, 0) is 31.5 Å². The number of hydrogen-bond donors (Lipinski definition) is 1. The Balaban J connectivity index is 2.06. The Labute approximate surface area is 162 Å². The van der Waals surface area contributed by atoms with Gasteiger partial charge < -0.3 is 14.5 Å². The van der Waals surface area contributed by atoms with Crippen LogP contribution in [0, 0.1) is 11.3 Å². The number of aryl methyl sites for hydroxylation is 1. The lowest BCUT2D eigenvalue weighted by atomic mass is 10.2. The molecule has 27 heavy (non-hydrogen) atoms. The number of anilines is 1. The SMILES string of the molecule is CCOC(=O)c1cc(CC)sc1NC(=O)CN(CCC#N)Cc1ccco1. The van der Waals surface area contributed by atoms with E-state index in [0.717, 1.165) is 17.1 Å². The Kier molecular flexibility index (Phi) is 8.04. The predicted molar refractivity (Wildman–Crippen MR) is 102 cm³/mol. The molecule has 0 radical (unpaired) electrons. The third-order valence-corrected chi connectivity index (χ3v) is 4.94. The van der Waals surface area contributed by atoms with E-state index in [0.29, 0.717) is 30.1 Å². The van der Waals surface area contributed by atoms with Crippen molar-refractivity contribution >= 4 is 28.2 Å². The van der Waals surface area contributed by atoms with E-state index in [1.54, 1.807) is 25.3 Å². The average Bonchev–Trinajstić information content (AvgIpc) is 3.29. The van der Waals surface area contributed by atoms with Gasteiger partial charge in [-0.2, -0.15) is 5.26 Å². The predicted octanol–water partition coefficient (Wildman–Crippen LogP) is 3.43. The highest BCUT2D eigenvalue weighted by molar-refractivity contribution is 7.16. The van der Waals surface area contributed by atoms with Gasteiger partial charge in [0.15, 0.2) is 0 Å². The summed E-state index contributed by atoms with van der Waals surface area (Å²) < 4.78 is 10.4. The molecular weight excluding hydrogens is 366 g/mol. The highest BCUT2D eigenvalue weighted by Crippen LogP contribution is 2.29. The minimum atomic E-state index is -0.444. The van der Waals surface area contributed by atoms with E-state index in [1.165, 1.54) is 11.3 Å². The Hall–Kier alpha value is -2.63. The summed E-state index contributed by atoms with van der Waals surface area (Å²) in [7, 11) is 0. The van der Waals surface area contributed by atoms with Crippen LogP contribution in [-0.2, 0) is 22.5 Å². The number of ether oxygens (including phenoxy) is 1. The molecule has 2 rings (SSSR count). The van der Waals surface area contributed by atoms with Crippen LogP contribution in [0.5, 0.6) is 0 Å². The van der Waals surface area contributed by atoms with Crippen LogP contribution >= 0.6 is 11.3 Å². The summed E-state index contributed by atoms with van der Waals surface area (Å²) in [5.74, 6) is 0.0209. The molecule has 8 heteroatoms. The third-order valence-electron chi connectivity index (χ3n) is 3.75. The molecule has 0 spiro atoms. The smallest absolute Gasteiger partial charge is 0.341 e. The fraction of sp³-hybridized carbons (Fsp3) is 0.421. The lowest BCUT2D eigenvalue weighted by molar-refractivity contribution is -0.117. The molecule has 2 aromatic rings. The molecule has 0 unspecified atom stereocenters. The summed E-state index contributed by atoms with van der Waals surface area (Å²) in [6.45, 7) is 4.96. The van der Waals surface area contributed by atoms with Crippen molar-refractivity contribution in [3.05, 3.63) is 40.7 Å². The quantitative estimate of drug-likeness (QED) is 0.626. The van der Waals surface area contributed by atoms with Crippen molar-refractivity contribution in [2.45, 2.75) is 33.2 Å². The van der Waals surface area contributed by atoms with Crippen LogP contribution in [0.2, 0.25) is 0 Å². The van der Waals surface area contributed by atoms with Crippen LogP contribution in [0.15, 0.2) is 28.9 Å². The number of hydrogen-bond acceptors (Lipinski definition) is 7. The number of carbonyl (C=O) groups is 2. The lowest BCUT2D eigenvalue weighted by Gasteiger charge is -2.19. The van der Waals surface area contributed by atoms with Gasteiger partial charge in [0.05, 0.1) is 37.6 Å². The molecule has 144 valence electrons. The molecule has 1 N–H and O–H groups in total. The van der Waals surface area contributed by atoms with Gasteiger partial charge in [-0.25, -0.2) is 4.79 Å². The first kappa shape index (κ1) is 20.7. The van der Waals surface area contributed by atoms with Gasteiger partial charge >= 0.3 is 5.97 Å². The van der Waals surface area contributed by atoms with Crippen LogP contribution in [0.25, 0.3) is 0 Å². The minimum absolute atomic E-state index is 0.0873. The summed E-state index contributed by atoms with van der Waals surface area (Å²) in [6.07, 6.45) is 2.64. The average molecular weight is 389 g/mol. The topological polar surface area (TPSA) is 95.6 Å². The molecular formula is C19H23N3O4S. The first-order chi connectivity index (χ1) is 13.1. The maximum atomic E-state index is 12.5. The standard InChI is InChI=1S/C19H23N3O4S/c1-3-15-11-16(19(24)25-4-2)18(27-15)21-17(23)13-22(9-6-8-20)12-14-7-5-10-26-14/h5,7,10-11H,3-4,6,9,12-13H2,1-2H3,(H,21,23). The maximum absolute atomic E-state index is 12.5. The van der Waals surface area contributed by atoms with E-state index < -0.39 is 5.97 Å². The second-order valence-corrected chi connectivity index (χ2v) is 6.91. The second kappa shape index (κ2) is 10.5. The van der Waals surface area contributed by atoms with E-state index in [-0.39, 0.29) is 19.1 Å². The lowest BCUT2D eigenvalue weighted by Crippen LogP contribution is -2.33. The van der Waals surface area contributed by atoms with Gasteiger partial charge in [0.2, 0.25) is 5.91 Å². The highest BCUT2D eigenvalue weighted by atomic mass is 32.1. The van der Waals surface area contributed by atoms with E-state index in [2.05, 4.69) is 11.4 Å². The molecule has 1 amide bonds. The molecule has 0 aliphatic carbocycles. The maximum Gasteiger partial charge on any atom is 0.341 e. The molecule has 0 fully saturated rings. The Morgan fingerprint density at radius 2 is 2.22 bits per heavy atom. The van der Waals surface area contributed by atoms with E-state index in [1.807, 2.05) is 17.9 Å².